The molecule has 1 fully saturated rings. The average Bonchev–Trinajstić information content (AvgIpc) is 2.51. The van der Waals surface area contributed by atoms with Crippen LogP contribution in [0.25, 0.3) is 0 Å². The molecule has 2 N–H and O–H groups in total. The smallest absolute Gasteiger partial charge is 0.224 e. The van der Waals surface area contributed by atoms with Crippen molar-refractivity contribution in [1.29, 1.82) is 0 Å². The van der Waals surface area contributed by atoms with Gasteiger partial charge in [-0.05, 0) is 26.0 Å². The van der Waals surface area contributed by atoms with Crippen molar-refractivity contribution in [3.8, 4) is 0 Å². The van der Waals surface area contributed by atoms with E-state index < -0.39 is 5.54 Å². The van der Waals surface area contributed by atoms with E-state index in [1.54, 1.807) is 0 Å². The van der Waals surface area contributed by atoms with Crippen LogP contribution in [0.15, 0.2) is 0 Å². The predicted octanol–water partition coefficient (Wildman–Crippen LogP) is 1.08. The number of nitrogens with zero attached hydrogens (tertiary/aromatic N) is 1. The average molecular weight is 216 g/mol. The third-order valence-electron chi connectivity index (χ3n) is 2.45. The highest BCUT2D eigenvalue weighted by Gasteiger charge is 2.26. The first-order chi connectivity index (χ1) is 6.40. The Morgan fingerprint density at radius 2 is 2.29 bits per heavy atom. The van der Waals surface area contributed by atoms with Crippen LogP contribution < -0.4 is 5.73 Å². The Morgan fingerprint density at radius 3 is 2.71 bits per heavy atom. The Hall–Kier alpha value is -0.220. The number of carbonyl (C=O) groups excluding carboxylic acids is 1. The van der Waals surface area contributed by atoms with E-state index in [4.69, 9.17) is 5.73 Å². The Morgan fingerprint density at radius 1 is 1.64 bits per heavy atom. The van der Waals surface area contributed by atoms with Gasteiger partial charge in [-0.25, -0.2) is 0 Å². The van der Waals surface area contributed by atoms with Crippen LogP contribution in [0.3, 0.4) is 0 Å². The molecule has 1 amide bonds. The molecule has 0 aromatic carbocycles. The van der Waals surface area contributed by atoms with Crippen molar-refractivity contribution in [2.24, 2.45) is 5.73 Å². The van der Waals surface area contributed by atoms with Gasteiger partial charge >= 0.3 is 0 Å². The summed E-state index contributed by atoms with van der Waals surface area (Å²) in [5.74, 6) is 2.42. The van der Waals surface area contributed by atoms with Crippen LogP contribution in [0, 0.1) is 0 Å². The maximum Gasteiger partial charge on any atom is 0.224 e. The molecular weight excluding hydrogens is 196 g/mol. The molecule has 0 spiro atoms. The number of hydrogen-bond acceptors (Lipinski definition) is 3. The van der Waals surface area contributed by atoms with Crippen LogP contribution in [0.5, 0.6) is 0 Å². The summed E-state index contributed by atoms with van der Waals surface area (Å²) in [5, 5.41) is 0. The van der Waals surface area contributed by atoms with E-state index in [1.165, 1.54) is 5.75 Å². The minimum Gasteiger partial charge on any atom is -0.342 e. The van der Waals surface area contributed by atoms with Gasteiger partial charge in [0, 0.05) is 30.8 Å². The van der Waals surface area contributed by atoms with E-state index in [0.29, 0.717) is 12.5 Å². The van der Waals surface area contributed by atoms with Crippen molar-refractivity contribution < 1.29 is 4.79 Å². The molecule has 3 nitrogen and oxygen atoms in total. The van der Waals surface area contributed by atoms with E-state index in [-0.39, 0.29) is 5.91 Å². The zero-order valence-corrected chi connectivity index (χ0v) is 10.1. The fourth-order valence-corrected chi connectivity index (χ4v) is 2.81. The quantitative estimate of drug-likeness (QED) is 0.768. The van der Waals surface area contributed by atoms with Gasteiger partial charge in [-0.15, -0.1) is 0 Å². The minimum absolute atomic E-state index is 0.171. The molecular formula is C10H20N2OS. The number of hydrogen-bond donors (Lipinski definition) is 1. The zero-order chi connectivity index (χ0) is 10.8. The highest BCUT2D eigenvalue weighted by atomic mass is 32.2. The molecule has 1 saturated heterocycles. The Bertz CT molecular complexity index is 207. The SMILES string of the molecule is CN(C(=O)CC(C)(C)N)C1CCSC1. The molecule has 1 aliphatic rings. The molecule has 1 atom stereocenters. The monoisotopic (exact) mass is 216 g/mol. The Balaban J connectivity index is 2.43. The maximum absolute atomic E-state index is 11.8. The van der Waals surface area contributed by atoms with Crippen molar-refractivity contribution in [1.82, 2.24) is 4.90 Å². The molecule has 0 saturated carbocycles. The van der Waals surface area contributed by atoms with Crippen LogP contribution in [0.1, 0.15) is 26.7 Å². The highest BCUT2D eigenvalue weighted by Crippen LogP contribution is 2.22. The van der Waals surface area contributed by atoms with E-state index in [9.17, 15) is 4.79 Å². The molecule has 1 heterocycles. The Labute approximate surface area is 90.4 Å². The summed E-state index contributed by atoms with van der Waals surface area (Å²) in [6.07, 6.45) is 1.56. The fourth-order valence-electron chi connectivity index (χ4n) is 1.55. The van der Waals surface area contributed by atoms with Crippen LogP contribution in [-0.2, 0) is 4.79 Å². The molecule has 0 aliphatic carbocycles. The van der Waals surface area contributed by atoms with Crippen molar-refractivity contribution in [3.05, 3.63) is 0 Å². The lowest BCUT2D eigenvalue weighted by Crippen LogP contribution is -2.43. The zero-order valence-electron chi connectivity index (χ0n) is 9.25. The number of nitrogens with two attached hydrogens (primary N) is 1. The van der Waals surface area contributed by atoms with Crippen molar-refractivity contribution >= 4 is 17.7 Å². The second kappa shape index (κ2) is 4.53. The number of thioether (sulfide) groups is 1. The topological polar surface area (TPSA) is 46.3 Å². The van der Waals surface area contributed by atoms with Crippen LogP contribution in [0.2, 0.25) is 0 Å². The second-order valence-corrected chi connectivity index (χ2v) is 5.84. The summed E-state index contributed by atoms with van der Waals surface area (Å²) in [4.78, 5) is 13.7. The molecule has 0 bridgehead atoms. The maximum atomic E-state index is 11.8. The standard InChI is InChI=1S/C10H20N2OS/c1-10(2,11)6-9(13)12(3)8-4-5-14-7-8/h8H,4-7,11H2,1-3H3. The first kappa shape index (κ1) is 11.9. The molecule has 1 unspecified atom stereocenters. The van der Waals surface area contributed by atoms with Gasteiger partial charge in [-0.2, -0.15) is 11.8 Å². The van der Waals surface area contributed by atoms with Crippen LogP contribution in [0.4, 0.5) is 0 Å². The van der Waals surface area contributed by atoms with E-state index in [2.05, 4.69) is 0 Å². The first-order valence-electron chi connectivity index (χ1n) is 5.02. The first-order valence-corrected chi connectivity index (χ1v) is 6.18. The van der Waals surface area contributed by atoms with Gasteiger partial charge < -0.3 is 10.6 Å². The Kier molecular flexibility index (Phi) is 3.84. The number of rotatable bonds is 3. The van der Waals surface area contributed by atoms with Gasteiger partial charge in [-0.1, -0.05) is 0 Å². The lowest BCUT2D eigenvalue weighted by Gasteiger charge is -2.27. The molecule has 0 aromatic rings. The van der Waals surface area contributed by atoms with Crippen molar-refractivity contribution in [2.75, 3.05) is 18.6 Å². The van der Waals surface area contributed by atoms with Gasteiger partial charge in [0.15, 0.2) is 0 Å². The van der Waals surface area contributed by atoms with E-state index >= 15 is 0 Å². The number of carbonyl (C=O) groups is 1. The summed E-state index contributed by atoms with van der Waals surface area (Å²) < 4.78 is 0. The van der Waals surface area contributed by atoms with E-state index in [1.807, 2.05) is 37.6 Å². The molecule has 4 heteroatoms. The van der Waals surface area contributed by atoms with Gasteiger partial charge in [0.1, 0.15) is 0 Å². The second-order valence-electron chi connectivity index (χ2n) is 4.69. The summed E-state index contributed by atoms with van der Waals surface area (Å²) in [5.41, 5.74) is 5.43. The van der Waals surface area contributed by atoms with Crippen LogP contribution >= 0.6 is 11.8 Å². The predicted molar refractivity (Wildman–Crippen MR) is 61.4 cm³/mol. The summed E-state index contributed by atoms with van der Waals surface area (Å²) in [7, 11) is 1.89. The van der Waals surface area contributed by atoms with E-state index in [0.717, 1.165) is 12.2 Å². The van der Waals surface area contributed by atoms with Gasteiger partial charge in [-0.3, -0.25) is 4.79 Å². The summed E-state index contributed by atoms with van der Waals surface area (Å²) >= 11 is 1.92. The lowest BCUT2D eigenvalue weighted by atomic mass is 10.0. The third kappa shape index (κ3) is 3.50. The van der Waals surface area contributed by atoms with Crippen molar-refractivity contribution in [2.45, 2.75) is 38.3 Å². The minimum atomic E-state index is -0.392. The largest absolute Gasteiger partial charge is 0.342 e. The molecule has 14 heavy (non-hydrogen) atoms. The van der Waals surface area contributed by atoms with Gasteiger partial charge in [0.25, 0.3) is 0 Å². The highest BCUT2D eigenvalue weighted by molar-refractivity contribution is 7.99. The molecule has 82 valence electrons. The number of amides is 1. The lowest BCUT2D eigenvalue weighted by molar-refractivity contribution is -0.132. The molecule has 0 radical (unpaired) electrons. The van der Waals surface area contributed by atoms with Gasteiger partial charge in [0.2, 0.25) is 5.91 Å². The molecule has 1 aliphatic heterocycles. The van der Waals surface area contributed by atoms with Gasteiger partial charge in [0.05, 0.1) is 0 Å². The van der Waals surface area contributed by atoms with Crippen LogP contribution in [-0.4, -0.2) is 40.9 Å². The summed E-state index contributed by atoms with van der Waals surface area (Å²) in [6.45, 7) is 3.78. The molecule has 1 rings (SSSR count). The summed E-state index contributed by atoms with van der Waals surface area (Å²) in [6, 6.07) is 0.426. The molecule has 0 aromatic heterocycles. The normalized spacial score (nSPS) is 22.4. The fraction of sp³-hybridized carbons (Fsp3) is 0.900. The van der Waals surface area contributed by atoms with Crippen molar-refractivity contribution in [3.63, 3.8) is 0 Å². The third-order valence-corrected chi connectivity index (χ3v) is 3.60.